The second-order valence-corrected chi connectivity index (χ2v) is 5.52. The van der Waals surface area contributed by atoms with Gasteiger partial charge in [0, 0.05) is 17.0 Å². The van der Waals surface area contributed by atoms with Gasteiger partial charge in [0.05, 0.1) is 17.7 Å². The van der Waals surface area contributed by atoms with Crippen molar-refractivity contribution in [2.24, 2.45) is 5.10 Å². The summed E-state index contributed by atoms with van der Waals surface area (Å²) in [5.74, 6) is 0.862. The lowest BCUT2D eigenvalue weighted by Crippen LogP contribution is -2.19. The summed E-state index contributed by atoms with van der Waals surface area (Å²) < 4.78 is 0. The maximum Gasteiger partial charge on any atom is 0.250 e. The number of pyridine rings is 1. The van der Waals surface area contributed by atoms with Gasteiger partial charge in [0.1, 0.15) is 0 Å². The molecule has 1 N–H and O–H groups in total. The fraction of sp³-hybridized carbons (Fsp3) is 0.133. The Labute approximate surface area is 132 Å². The molecule has 0 aliphatic rings. The van der Waals surface area contributed by atoms with Crippen LogP contribution in [0.25, 0.3) is 0 Å². The molecule has 1 heterocycles. The van der Waals surface area contributed by atoms with Gasteiger partial charge < -0.3 is 0 Å². The fourth-order valence-corrected chi connectivity index (χ4v) is 2.63. The zero-order chi connectivity index (χ0) is 14.9. The van der Waals surface area contributed by atoms with E-state index in [0.29, 0.717) is 17.2 Å². The van der Waals surface area contributed by atoms with E-state index in [9.17, 15) is 4.79 Å². The van der Waals surface area contributed by atoms with E-state index >= 15 is 0 Å². The normalized spacial score (nSPS) is 10.7. The van der Waals surface area contributed by atoms with Crippen molar-refractivity contribution in [3.63, 3.8) is 0 Å². The lowest BCUT2D eigenvalue weighted by Gasteiger charge is -2.03. The van der Waals surface area contributed by atoms with E-state index in [2.05, 4.69) is 15.5 Å². The van der Waals surface area contributed by atoms with Crippen LogP contribution in [0, 0.1) is 0 Å². The van der Waals surface area contributed by atoms with Crippen molar-refractivity contribution in [1.82, 2.24) is 10.4 Å². The van der Waals surface area contributed by atoms with Gasteiger partial charge in [-0.1, -0.05) is 35.9 Å². The molecule has 0 radical (unpaired) electrons. The van der Waals surface area contributed by atoms with E-state index in [1.165, 1.54) is 18.0 Å². The van der Waals surface area contributed by atoms with Crippen LogP contribution in [0.3, 0.4) is 0 Å². The summed E-state index contributed by atoms with van der Waals surface area (Å²) in [6.45, 7) is 0. The standard InChI is InChI=1S/C15H14ClN3OS/c16-14-7-2-1-5-12(14)10-21-11-15(20)19-18-9-13-6-3-4-8-17-13/h1-9H,10-11H2,(H,19,20)/b18-9-. The summed E-state index contributed by atoms with van der Waals surface area (Å²) in [5, 5.41) is 4.58. The first-order chi connectivity index (χ1) is 10.3. The van der Waals surface area contributed by atoms with Crippen molar-refractivity contribution in [3.8, 4) is 0 Å². The second-order valence-electron chi connectivity index (χ2n) is 4.13. The zero-order valence-corrected chi connectivity index (χ0v) is 12.8. The average Bonchev–Trinajstić information content (AvgIpc) is 2.50. The molecule has 0 spiro atoms. The van der Waals surface area contributed by atoms with E-state index in [0.717, 1.165) is 10.6 Å². The molecule has 6 heteroatoms. The van der Waals surface area contributed by atoms with E-state index < -0.39 is 0 Å². The van der Waals surface area contributed by atoms with Crippen molar-refractivity contribution in [1.29, 1.82) is 0 Å². The number of amides is 1. The number of halogens is 1. The molecule has 0 saturated heterocycles. The maximum absolute atomic E-state index is 11.6. The Bertz CT molecular complexity index is 619. The number of benzene rings is 1. The van der Waals surface area contributed by atoms with Gasteiger partial charge >= 0.3 is 0 Å². The Balaban J connectivity index is 1.71. The van der Waals surface area contributed by atoms with Crippen molar-refractivity contribution in [2.75, 3.05) is 5.75 Å². The average molecular weight is 320 g/mol. The number of hydrogen-bond acceptors (Lipinski definition) is 4. The first kappa shape index (κ1) is 15.5. The van der Waals surface area contributed by atoms with Crippen LogP contribution in [-0.4, -0.2) is 22.9 Å². The molecule has 0 saturated carbocycles. The summed E-state index contributed by atoms with van der Waals surface area (Å²) in [7, 11) is 0. The van der Waals surface area contributed by atoms with Gasteiger partial charge in [0.15, 0.2) is 0 Å². The third-order valence-corrected chi connectivity index (χ3v) is 3.87. The Hall–Kier alpha value is -1.85. The van der Waals surface area contributed by atoms with Gasteiger partial charge in [-0.15, -0.1) is 11.8 Å². The van der Waals surface area contributed by atoms with E-state index in [-0.39, 0.29) is 5.91 Å². The first-order valence-corrected chi connectivity index (χ1v) is 7.83. The highest BCUT2D eigenvalue weighted by atomic mass is 35.5. The summed E-state index contributed by atoms with van der Waals surface area (Å²) in [6.07, 6.45) is 3.18. The predicted octanol–water partition coefficient (Wildman–Crippen LogP) is 3.12. The van der Waals surface area contributed by atoms with Crippen molar-refractivity contribution >= 4 is 35.5 Å². The molecule has 1 aromatic heterocycles. The number of nitrogens with zero attached hydrogens (tertiary/aromatic N) is 2. The van der Waals surface area contributed by atoms with Crippen LogP contribution in [0.2, 0.25) is 5.02 Å². The van der Waals surface area contributed by atoms with E-state index in [1.807, 2.05) is 42.5 Å². The quantitative estimate of drug-likeness (QED) is 0.657. The van der Waals surface area contributed by atoms with Crippen LogP contribution < -0.4 is 5.43 Å². The minimum atomic E-state index is -0.153. The number of aromatic nitrogens is 1. The minimum Gasteiger partial charge on any atom is -0.272 e. The lowest BCUT2D eigenvalue weighted by atomic mass is 10.2. The van der Waals surface area contributed by atoms with Crippen LogP contribution in [0.5, 0.6) is 0 Å². The van der Waals surface area contributed by atoms with Crippen LogP contribution >= 0.6 is 23.4 Å². The molecule has 0 aliphatic heterocycles. The highest BCUT2D eigenvalue weighted by molar-refractivity contribution is 7.99. The van der Waals surface area contributed by atoms with Gasteiger partial charge in [0.2, 0.25) is 5.91 Å². The molecule has 0 aliphatic carbocycles. The van der Waals surface area contributed by atoms with Crippen molar-refractivity contribution in [2.45, 2.75) is 5.75 Å². The Kier molecular flexibility index (Phi) is 6.24. The fourth-order valence-electron chi connectivity index (χ4n) is 1.52. The molecule has 0 atom stereocenters. The summed E-state index contributed by atoms with van der Waals surface area (Å²) in [6, 6.07) is 13.1. The van der Waals surface area contributed by atoms with Gasteiger partial charge in [-0.2, -0.15) is 5.10 Å². The lowest BCUT2D eigenvalue weighted by molar-refractivity contribution is -0.118. The van der Waals surface area contributed by atoms with Gasteiger partial charge in [-0.25, -0.2) is 5.43 Å². The highest BCUT2D eigenvalue weighted by Crippen LogP contribution is 2.20. The number of carbonyl (C=O) groups is 1. The molecular weight excluding hydrogens is 306 g/mol. The molecule has 1 amide bonds. The predicted molar refractivity (Wildman–Crippen MR) is 87.6 cm³/mol. The number of hydrogen-bond donors (Lipinski definition) is 1. The maximum atomic E-state index is 11.6. The molecule has 108 valence electrons. The Morgan fingerprint density at radius 3 is 2.86 bits per heavy atom. The molecule has 2 rings (SSSR count). The van der Waals surface area contributed by atoms with Crippen LogP contribution in [0.1, 0.15) is 11.3 Å². The molecule has 0 fully saturated rings. The summed E-state index contributed by atoms with van der Waals surface area (Å²) in [4.78, 5) is 15.7. The van der Waals surface area contributed by atoms with Crippen molar-refractivity contribution in [3.05, 3.63) is 64.9 Å². The third-order valence-electron chi connectivity index (χ3n) is 2.52. The molecule has 2 aromatic rings. The van der Waals surface area contributed by atoms with Crippen LogP contribution in [0.15, 0.2) is 53.8 Å². The number of rotatable bonds is 6. The first-order valence-electron chi connectivity index (χ1n) is 6.30. The van der Waals surface area contributed by atoms with E-state index in [1.54, 1.807) is 6.20 Å². The number of nitrogens with one attached hydrogen (secondary N) is 1. The Morgan fingerprint density at radius 1 is 1.29 bits per heavy atom. The van der Waals surface area contributed by atoms with Gasteiger partial charge in [-0.05, 0) is 23.8 Å². The molecular formula is C15H14ClN3OS. The summed E-state index contributed by atoms with van der Waals surface area (Å²) in [5.41, 5.74) is 4.19. The number of carbonyl (C=O) groups excluding carboxylic acids is 1. The van der Waals surface area contributed by atoms with Crippen LogP contribution in [0.4, 0.5) is 0 Å². The summed E-state index contributed by atoms with van der Waals surface area (Å²) >= 11 is 7.54. The second kappa shape index (κ2) is 8.44. The Morgan fingerprint density at radius 2 is 2.10 bits per heavy atom. The molecule has 0 bridgehead atoms. The SMILES string of the molecule is O=C(CSCc1ccccc1Cl)N/N=C\c1ccccn1. The zero-order valence-electron chi connectivity index (χ0n) is 11.2. The topological polar surface area (TPSA) is 54.4 Å². The molecule has 1 aromatic carbocycles. The number of hydrazone groups is 1. The highest BCUT2D eigenvalue weighted by Gasteiger charge is 2.03. The number of thioether (sulfide) groups is 1. The monoisotopic (exact) mass is 319 g/mol. The largest absolute Gasteiger partial charge is 0.272 e. The minimum absolute atomic E-state index is 0.153. The third kappa shape index (κ3) is 5.57. The van der Waals surface area contributed by atoms with Crippen molar-refractivity contribution < 1.29 is 4.79 Å². The molecule has 0 unspecified atom stereocenters. The van der Waals surface area contributed by atoms with E-state index in [4.69, 9.17) is 11.6 Å². The molecule has 4 nitrogen and oxygen atoms in total. The van der Waals surface area contributed by atoms with Gasteiger partial charge in [0.25, 0.3) is 0 Å². The molecule has 21 heavy (non-hydrogen) atoms. The smallest absolute Gasteiger partial charge is 0.250 e. The van der Waals surface area contributed by atoms with Gasteiger partial charge in [-0.3, -0.25) is 9.78 Å². The van der Waals surface area contributed by atoms with Crippen LogP contribution in [-0.2, 0) is 10.5 Å².